The van der Waals surface area contributed by atoms with Crippen molar-refractivity contribution < 1.29 is 4.79 Å². The molecule has 0 spiro atoms. The minimum atomic E-state index is -0.0644. The molecular weight excluding hydrogens is 308 g/mol. The Kier molecular flexibility index (Phi) is 4.17. The van der Waals surface area contributed by atoms with Gasteiger partial charge in [0.25, 0.3) is 5.91 Å². The number of imidazole rings is 1. The molecule has 7 heteroatoms. The first kappa shape index (κ1) is 14.4. The first-order valence-electron chi connectivity index (χ1n) is 6.91. The average Bonchev–Trinajstić information content (AvgIpc) is 3.08. The van der Waals surface area contributed by atoms with Crippen molar-refractivity contribution in [2.45, 2.75) is 18.9 Å². The summed E-state index contributed by atoms with van der Waals surface area (Å²) >= 11 is 7.37. The van der Waals surface area contributed by atoms with Gasteiger partial charge in [0.15, 0.2) is 0 Å². The molecule has 2 aromatic heterocycles. The summed E-state index contributed by atoms with van der Waals surface area (Å²) < 4.78 is 2.02. The molecule has 21 heavy (non-hydrogen) atoms. The maximum Gasteiger partial charge on any atom is 0.263 e. The van der Waals surface area contributed by atoms with Crippen LogP contribution in [0.5, 0.6) is 0 Å². The summed E-state index contributed by atoms with van der Waals surface area (Å²) in [7, 11) is 2.00. The number of hydrogen-bond donors (Lipinski definition) is 1. The minimum Gasteiger partial charge on any atom is -0.348 e. The third-order valence-electron chi connectivity index (χ3n) is 3.73. The summed E-state index contributed by atoms with van der Waals surface area (Å²) in [6.07, 6.45) is 5.59. The van der Waals surface area contributed by atoms with Crippen molar-refractivity contribution in [3.63, 3.8) is 0 Å². The van der Waals surface area contributed by atoms with Crippen molar-refractivity contribution >= 4 is 34.8 Å². The quantitative estimate of drug-likeness (QED) is 0.944. The van der Waals surface area contributed by atoms with Crippen LogP contribution >= 0.6 is 22.9 Å². The molecule has 0 bridgehead atoms. The molecule has 2 aromatic rings. The Hall–Kier alpha value is -1.53. The molecule has 3 rings (SSSR count). The van der Waals surface area contributed by atoms with Crippen molar-refractivity contribution in [1.29, 1.82) is 0 Å². The lowest BCUT2D eigenvalue weighted by molar-refractivity contribution is 0.0935. The highest BCUT2D eigenvalue weighted by atomic mass is 35.5. The van der Waals surface area contributed by atoms with Gasteiger partial charge in [-0.15, -0.1) is 11.3 Å². The van der Waals surface area contributed by atoms with E-state index in [0.717, 1.165) is 31.9 Å². The number of rotatable bonds is 3. The Labute approximate surface area is 132 Å². The number of aromatic nitrogens is 2. The number of piperidine rings is 1. The standard InChI is InChI=1S/C14H17ClN4OS/c1-18-8-5-16-14(18)19-6-2-10(3-7-19)17-13(20)12-11(15)4-9-21-12/h4-5,8-10H,2-3,6-7H2,1H3,(H,17,20). The van der Waals surface area contributed by atoms with E-state index in [4.69, 9.17) is 11.6 Å². The van der Waals surface area contributed by atoms with Crippen LogP contribution in [0.15, 0.2) is 23.8 Å². The summed E-state index contributed by atoms with van der Waals surface area (Å²) in [5.74, 6) is 0.923. The second kappa shape index (κ2) is 6.07. The van der Waals surface area contributed by atoms with Crippen LogP contribution in [-0.2, 0) is 7.05 Å². The predicted molar refractivity (Wildman–Crippen MR) is 85.2 cm³/mol. The van der Waals surface area contributed by atoms with E-state index in [9.17, 15) is 4.79 Å². The van der Waals surface area contributed by atoms with Crippen molar-refractivity contribution in [2.75, 3.05) is 18.0 Å². The number of nitrogens with zero attached hydrogens (tertiary/aromatic N) is 3. The molecule has 1 N–H and O–H groups in total. The Balaban J connectivity index is 1.56. The lowest BCUT2D eigenvalue weighted by atomic mass is 10.1. The molecule has 0 aliphatic carbocycles. The fraction of sp³-hybridized carbons (Fsp3) is 0.429. The van der Waals surface area contributed by atoms with E-state index < -0.39 is 0 Å². The molecular formula is C14H17ClN4OS. The number of hydrogen-bond acceptors (Lipinski definition) is 4. The highest BCUT2D eigenvalue weighted by Crippen LogP contribution is 2.23. The van der Waals surface area contributed by atoms with Gasteiger partial charge in [0.2, 0.25) is 5.95 Å². The average molecular weight is 325 g/mol. The molecule has 0 saturated carbocycles. The molecule has 0 radical (unpaired) electrons. The van der Waals surface area contributed by atoms with E-state index in [0.29, 0.717) is 9.90 Å². The molecule has 0 aromatic carbocycles. The maximum absolute atomic E-state index is 12.1. The van der Waals surface area contributed by atoms with Crippen LogP contribution < -0.4 is 10.2 Å². The lowest BCUT2D eigenvalue weighted by Crippen LogP contribution is -2.45. The highest BCUT2D eigenvalue weighted by Gasteiger charge is 2.24. The van der Waals surface area contributed by atoms with Crippen LogP contribution in [0.25, 0.3) is 0 Å². The monoisotopic (exact) mass is 324 g/mol. The Morgan fingerprint density at radius 3 is 2.81 bits per heavy atom. The number of halogens is 1. The van der Waals surface area contributed by atoms with Gasteiger partial charge in [-0.3, -0.25) is 4.79 Å². The van der Waals surface area contributed by atoms with Crippen LogP contribution in [0.2, 0.25) is 5.02 Å². The third-order valence-corrected chi connectivity index (χ3v) is 5.07. The van der Waals surface area contributed by atoms with E-state index in [1.165, 1.54) is 11.3 Å². The second-order valence-electron chi connectivity index (χ2n) is 5.17. The van der Waals surface area contributed by atoms with E-state index in [2.05, 4.69) is 15.2 Å². The van der Waals surface area contributed by atoms with Gasteiger partial charge >= 0.3 is 0 Å². The minimum absolute atomic E-state index is 0.0644. The Morgan fingerprint density at radius 1 is 1.48 bits per heavy atom. The number of carbonyl (C=O) groups excluding carboxylic acids is 1. The largest absolute Gasteiger partial charge is 0.348 e. The number of amides is 1. The van der Waals surface area contributed by atoms with Crippen LogP contribution in [0.1, 0.15) is 22.5 Å². The molecule has 5 nitrogen and oxygen atoms in total. The van der Waals surface area contributed by atoms with Crippen LogP contribution in [0.3, 0.4) is 0 Å². The topological polar surface area (TPSA) is 50.2 Å². The van der Waals surface area contributed by atoms with Gasteiger partial charge in [-0.2, -0.15) is 0 Å². The number of carbonyl (C=O) groups is 1. The van der Waals surface area contributed by atoms with Crippen molar-refractivity contribution in [3.05, 3.63) is 33.7 Å². The smallest absolute Gasteiger partial charge is 0.263 e. The van der Waals surface area contributed by atoms with Gasteiger partial charge in [0.05, 0.1) is 5.02 Å². The van der Waals surface area contributed by atoms with Gasteiger partial charge in [0.1, 0.15) is 4.88 Å². The summed E-state index contributed by atoms with van der Waals surface area (Å²) in [6.45, 7) is 1.79. The van der Waals surface area contributed by atoms with Crippen LogP contribution in [0, 0.1) is 0 Å². The number of thiophene rings is 1. The Morgan fingerprint density at radius 2 is 2.24 bits per heavy atom. The van der Waals surface area contributed by atoms with Crippen molar-refractivity contribution in [3.8, 4) is 0 Å². The fourth-order valence-corrected chi connectivity index (χ4v) is 3.64. The molecule has 1 amide bonds. The molecule has 1 aliphatic heterocycles. The van der Waals surface area contributed by atoms with Gasteiger partial charge in [-0.05, 0) is 24.3 Å². The molecule has 1 aliphatic rings. The van der Waals surface area contributed by atoms with E-state index >= 15 is 0 Å². The zero-order chi connectivity index (χ0) is 14.8. The molecule has 0 atom stereocenters. The zero-order valence-electron chi connectivity index (χ0n) is 11.8. The SMILES string of the molecule is Cn1ccnc1N1CCC(NC(=O)c2sccc2Cl)CC1. The normalized spacial score (nSPS) is 16.2. The van der Waals surface area contributed by atoms with Gasteiger partial charge in [-0.1, -0.05) is 11.6 Å². The molecule has 1 saturated heterocycles. The van der Waals surface area contributed by atoms with Crippen molar-refractivity contribution in [1.82, 2.24) is 14.9 Å². The first-order chi connectivity index (χ1) is 10.1. The van der Waals surface area contributed by atoms with Crippen LogP contribution in [0.4, 0.5) is 5.95 Å². The maximum atomic E-state index is 12.1. The second-order valence-corrected chi connectivity index (χ2v) is 6.49. The molecule has 0 unspecified atom stereocenters. The fourth-order valence-electron chi connectivity index (χ4n) is 2.59. The summed E-state index contributed by atoms with van der Waals surface area (Å²) in [5.41, 5.74) is 0. The third kappa shape index (κ3) is 3.06. The van der Waals surface area contributed by atoms with Crippen LogP contribution in [-0.4, -0.2) is 34.6 Å². The van der Waals surface area contributed by atoms with Gasteiger partial charge in [-0.25, -0.2) is 4.98 Å². The zero-order valence-corrected chi connectivity index (χ0v) is 13.3. The molecule has 3 heterocycles. The van der Waals surface area contributed by atoms with Crippen molar-refractivity contribution in [2.24, 2.45) is 7.05 Å². The van der Waals surface area contributed by atoms with E-state index in [1.54, 1.807) is 6.07 Å². The first-order valence-corrected chi connectivity index (χ1v) is 8.17. The summed E-state index contributed by atoms with van der Waals surface area (Å²) in [5, 5.41) is 5.44. The number of nitrogens with one attached hydrogen (secondary N) is 1. The Bertz CT molecular complexity index is 630. The lowest BCUT2D eigenvalue weighted by Gasteiger charge is -2.32. The highest BCUT2D eigenvalue weighted by molar-refractivity contribution is 7.12. The summed E-state index contributed by atoms with van der Waals surface area (Å²) in [4.78, 5) is 19.4. The molecule has 112 valence electrons. The van der Waals surface area contributed by atoms with Gasteiger partial charge in [0, 0.05) is 38.6 Å². The molecule has 1 fully saturated rings. The predicted octanol–water partition coefficient (Wildman–Crippen LogP) is 2.53. The van der Waals surface area contributed by atoms with E-state index in [1.807, 2.05) is 29.4 Å². The number of anilines is 1. The van der Waals surface area contributed by atoms with E-state index in [-0.39, 0.29) is 11.9 Å². The summed E-state index contributed by atoms with van der Waals surface area (Å²) in [6, 6.07) is 1.96. The van der Waals surface area contributed by atoms with Gasteiger partial charge < -0.3 is 14.8 Å². The number of aryl methyl sites for hydroxylation is 1.